The summed E-state index contributed by atoms with van der Waals surface area (Å²) >= 11 is 0. The largest absolute Gasteiger partial charge is 0.460 e. The van der Waals surface area contributed by atoms with Crippen LogP contribution in [0, 0.1) is 12.3 Å². The number of aryl methyl sites for hydroxylation is 2. The van der Waals surface area contributed by atoms with Crippen molar-refractivity contribution in [1.82, 2.24) is 0 Å². The lowest BCUT2D eigenvalue weighted by Gasteiger charge is -2.41. The van der Waals surface area contributed by atoms with E-state index in [0.29, 0.717) is 18.4 Å². The van der Waals surface area contributed by atoms with Crippen molar-refractivity contribution in [3.05, 3.63) is 83.4 Å². The second-order valence-electron chi connectivity index (χ2n) is 7.91. The van der Waals surface area contributed by atoms with Gasteiger partial charge in [0.15, 0.2) is 11.2 Å². The second-order valence-corrected chi connectivity index (χ2v) is 7.91. The highest BCUT2D eigenvalue weighted by Crippen LogP contribution is 2.39. The van der Waals surface area contributed by atoms with Crippen LogP contribution in [0.2, 0.25) is 0 Å². The third kappa shape index (κ3) is 4.48. The summed E-state index contributed by atoms with van der Waals surface area (Å²) in [5, 5.41) is 0. The molecule has 2 aromatic rings. The van der Waals surface area contributed by atoms with E-state index < -0.39 is 23.6 Å². The molecule has 0 aromatic heterocycles. The minimum atomic E-state index is -1.40. The van der Waals surface area contributed by atoms with Crippen molar-refractivity contribution in [3.8, 4) is 0 Å². The van der Waals surface area contributed by atoms with Crippen LogP contribution in [0.5, 0.6) is 0 Å². The highest BCUT2D eigenvalue weighted by molar-refractivity contribution is 6.13. The smallest absolute Gasteiger partial charge is 0.322 e. The highest BCUT2D eigenvalue weighted by Gasteiger charge is 2.54. The molecule has 1 unspecified atom stereocenters. The molecular weight excluding hydrogens is 364 g/mol. The number of benzene rings is 2. The molecule has 0 N–H and O–H groups in total. The molecule has 0 spiro atoms. The van der Waals surface area contributed by atoms with E-state index in [-0.39, 0.29) is 12.4 Å². The molecule has 29 heavy (non-hydrogen) atoms. The number of rotatable bonds is 6. The van der Waals surface area contributed by atoms with Gasteiger partial charge in [0.05, 0.1) is 12.2 Å². The Morgan fingerprint density at radius 1 is 1.10 bits per heavy atom. The molecule has 4 heteroatoms. The summed E-state index contributed by atoms with van der Waals surface area (Å²) in [5.41, 5.74) is 2.12. The first kappa shape index (κ1) is 21.0. The highest BCUT2D eigenvalue weighted by atomic mass is 16.5. The molecule has 2 aromatic carbocycles. The molecule has 4 nitrogen and oxygen atoms in total. The van der Waals surface area contributed by atoms with Crippen molar-refractivity contribution in [2.45, 2.75) is 52.4 Å². The van der Waals surface area contributed by atoms with Crippen LogP contribution in [-0.4, -0.2) is 24.0 Å². The third-order valence-corrected chi connectivity index (χ3v) is 5.72. The lowest BCUT2D eigenvalue weighted by Crippen LogP contribution is -2.55. The second kappa shape index (κ2) is 8.75. The number of carbonyl (C=O) groups is 2. The summed E-state index contributed by atoms with van der Waals surface area (Å²) in [6, 6.07) is 17.7. The zero-order valence-electron chi connectivity index (χ0n) is 17.3. The molecule has 1 aliphatic heterocycles. The van der Waals surface area contributed by atoms with Crippen LogP contribution < -0.4 is 0 Å². The van der Waals surface area contributed by atoms with E-state index in [9.17, 15) is 9.59 Å². The number of hydrogen-bond donors (Lipinski definition) is 0. The molecule has 0 saturated carbocycles. The number of ether oxygens (including phenoxy) is 2. The topological polar surface area (TPSA) is 52.6 Å². The average Bonchev–Trinajstić information content (AvgIpc) is 2.74. The van der Waals surface area contributed by atoms with Gasteiger partial charge in [-0.2, -0.15) is 0 Å². The van der Waals surface area contributed by atoms with Gasteiger partial charge in [0.2, 0.25) is 0 Å². The van der Waals surface area contributed by atoms with Crippen LogP contribution >= 0.6 is 0 Å². The Morgan fingerprint density at radius 2 is 1.76 bits per heavy atom. The van der Waals surface area contributed by atoms with Gasteiger partial charge in [-0.1, -0.05) is 66.7 Å². The van der Waals surface area contributed by atoms with Crippen molar-refractivity contribution in [2.75, 3.05) is 0 Å². The van der Waals surface area contributed by atoms with E-state index in [1.165, 1.54) is 5.56 Å². The number of carbonyl (C=O) groups excluding carboxylic acids is 2. The van der Waals surface area contributed by atoms with E-state index in [0.717, 1.165) is 11.1 Å². The summed E-state index contributed by atoms with van der Waals surface area (Å²) in [4.78, 5) is 26.2. The number of esters is 1. The average molecular weight is 392 g/mol. The predicted molar refractivity (Wildman–Crippen MR) is 112 cm³/mol. The Kier molecular flexibility index (Phi) is 6.33. The van der Waals surface area contributed by atoms with Crippen molar-refractivity contribution in [1.29, 1.82) is 0 Å². The molecule has 0 aliphatic carbocycles. The summed E-state index contributed by atoms with van der Waals surface area (Å²) in [5.74, 6) is -0.850. The molecular formula is C25H28O4. The quantitative estimate of drug-likeness (QED) is 0.410. The zero-order chi connectivity index (χ0) is 21.0. The Labute approximate surface area is 172 Å². The van der Waals surface area contributed by atoms with Gasteiger partial charge >= 0.3 is 5.97 Å². The molecule has 1 heterocycles. The summed E-state index contributed by atoms with van der Waals surface area (Å²) < 4.78 is 11.6. The maximum Gasteiger partial charge on any atom is 0.322 e. The van der Waals surface area contributed by atoms with Crippen LogP contribution in [0.1, 0.15) is 37.0 Å². The van der Waals surface area contributed by atoms with Gasteiger partial charge in [-0.3, -0.25) is 9.59 Å². The number of Topliss-reactive ketones (excluding diaryl/α,β-unsaturated/α-hetero) is 1. The van der Waals surface area contributed by atoms with Gasteiger partial charge in [0, 0.05) is 5.57 Å². The Balaban J connectivity index is 1.77. The van der Waals surface area contributed by atoms with Crippen molar-refractivity contribution in [3.63, 3.8) is 0 Å². The first-order valence-electron chi connectivity index (χ1n) is 9.98. The molecule has 1 saturated heterocycles. The molecule has 0 amide bonds. The van der Waals surface area contributed by atoms with E-state index in [1.54, 1.807) is 13.8 Å². The minimum absolute atomic E-state index is 0.120. The molecule has 3 rings (SSSR count). The fourth-order valence-electron chi connectivity index (χ4n) is 3.64. The van der Waals surface area contributed by atoms with Crippen LogP contribution in [0.15, 0.2) is 66.7 Å². The third-order valence-electron chi connectivity index (χ3n) is 5.72. The molecule has 1 aliphatic rings. The van der Waals surface area contributed by atoms with E-state index in [2.05, 4.69) is 30.8 Å². The van der Waals surface area contributed by atoms with Gasteiger partial charge < -0.3 is 9.47 Å². The van der Waals surface area contributed by atoms with E-state index >= 15 is 0 Å². The van der Waals surface area contributed by atoms with Gasteiger partial charge in [-0.05, 0) is 44.7 Å². The molecule has 0 bridgehead atoms. The standard InChI is InChI=1S/C25H28O4/c1-17-10-12-20(13-11-17)14-15-22-25(4,23(26)18(2)19(3)29-22)24(27)28-16-21-8-6-5-7-9-21/h5-13,19,22H,2,14-16H2,1,3-4H3/t19-,22?,25-/m1/s1. The fourth-order valence-corrected chi connectivity index (χ4v) is 3.64. The minimum Gasteiger partial charge on any atom is -0.460 e. The van der Waals surface area contributed by atoms with Crippen molar-refractivity contribution in [2.24, 2.45) is 5.41 Å². The first-order chi connectivity index (χ1) is 13.8. The summed E-state index contributed by atoms with van der Waals surface area (Å²) in [7, 11) is 0. The van der Waals surface area contributed by atoms with Crippen LogP contribution in [0.4, 0.5) is 0 Å². The zero-order valence-corrected chi connectivity index (χ0v) is 17.3. The molecule has 152 valence electrons. The normalized spacial score (nSPS) is 24.4. The predicted octanol–water partition coefficient (Wildman–Crippen LogP) is 4.59. The lowest BCUT2D eigenvalue weighted by atomic mass is 9.72. The Hall–Kier alpha value is -2.72. The van der Waals surface area contributed by atoms with E-state index in [4.69, 9.17) is 9.47 Å². The molecule has 1 fully saturated rings. The number of ketones is 1. The van der Waals surface area contributed by atoms with Gasteiger partial charge in [0.25, 0.3) is 0 Å². The molecule has 0 radical (unpaired) electrons. The monoisotopic (exact) mass is 392 g/mol. The lowest BCUT2D eigenvalue weighted by molar-refractivity contribution is -0.178. The maximum absolute atomic E-state index is 13.1. The van der Waals surface area contributed by atoms with Gasteiger partial charge in [-0.15, -0.1) is 0 Å². The Bertz CT molecular complexity index is 885. The van der Waals surface area contributed by atoms with Crippen molar-refractivity contribution >= 4 is 11.8 Å². The SMILES string of the molecule is C=C1C(=O)[C@](C)(C(=O)OCc2ccccc2)C(CCc2ccc(C)cc2)O[C@@H]1C. The first-order valence-corrected chi connectivity index (χ1v) is 9.98. The Morgan fingerprint density at radius 3 is 2.41 bits per heavy atom. The van der Waals surface area contributed by atoms with Gasteiger partial charge in [-0.25, -0.2) is 0 Å². The van der Waals surface area contributed by atoms with Gasteiger partial charge in [0.1, 0.15) is 6.61 Å². The van der Waals surface area contributed by atoms with E-state index in [1.807, 2.05) is 37.3 Å². The summed E-state index contributed by atoms with van der Waals surface area (Å²) in [6.07, 6.45) is 0.267. The summed E-state index contributed by atoms with van der Waals surface area (Å²) in [6.45, 7) is 9.44. The van der Waals surface area contributed by atoms with Crippen LogP contribution in [-0.2, 0) is 32.1 Å². The maximum atomic E-state index is 13.1. The van der Waals surface area contributed by atoms with Crippen molar-refractivity contribution < 1.29 is 19.1 Å². The molecule has 3 atom stereocenters. The van der Waals surface area contributed by atoms with Crippen LogP contribution in [0.3, 0.4) is 0 Å². The fraction of sp³-hybridized carbons (Fsp3) is 0.360. The number of hydrogen-bond acceptors (Lipinski definition) is 4. The van der Waals surface area contributed by atoms with Crippen LogP contribution in [0.25, 0.3) is 0 Å².